The molecule has 2 aromatic rings. The third-order valence-corrected chi connectivity index (χ3v) is 4.22. The van der Waals surface area contributed by atoms with Crippen LogP contribution in [0.4, 0.5) is 5.69 Å². The normalized spacial score (nSPS) is 10.4. The van der Waals surface area contributed by atoms with Gasteiger partial charge in [0.2, 0.25) is 11.8 Å². The highest BCUT2D eigenvalue weighted by Crippen LogP contribution is 2.17. The molecular formula is C18H22ClN5O3. The summed E-state index contributed by atoms with van der Waals surface area (Å²) in [5, 5.41) is 12.7. The minimum absolute atomic E-state index is 0.0670. The molecule has 0 radical (unpaired) electrons. The Bertz CT molecular complexity index is 845. The van der Waals surface area contributed by atoms with E-state index in [2.05, 4.69) is 21.0 Å². The SMILES string of the molecule is Cc1nn(C)c(C)c1NC(=O)CNC(=O)CCNC(=O)c1ccc(Cl)cc1. The van der Waals surface area contributed by atoms with E-state index in [4.69, 9.17) is 11.6 Å². The second-order valence-electron chi connectivity index (χ2n) is 6.01. The van der Waals surface area contributed by atoms with Crippen molar-refractivity contribution in [1.82, 2.24) is 20.4 Å². The van der Waals surface area contributed by atoms with Crippen molar-refractivity contribution in [2.45, 2.75) is 20.3 Å². The summed E-state index contributed by atoms with van der Waals surface area (Å²) in [6, 6.07) is 6.44. The van der Waals surface area contributed by atoms with Gasteiger partial charge in [-0.2, -0.15) is 5.10 Å². The van der Waals surface area contributed by atoms with Crippen molar-refractivity contribution in [3.05, 3.63) is 46.2 Å². The number of carbonyl (C=O) groups is 3. The Morgan fingerprint density at radius 1 is 1.07 bits per heavy atom. The number of rotatable bonds is 7. The molecule has 27 heavy (non-hydrogen) atoms. The summed E-state index contributed by atoms with van der Waals surface area (Å²) in [5.74, 6) is -0.964. The standard InChI is InChI=1S/C18H22ClN5O3/c1-11-17(12(2)24(3)23-11)22-16(26)10-21-15(25)8-9-20-18(27)13-4-6-14(19)7-5-13/h4-7H,8-10H2,1-3H3,(H,20,27)(H,21,25)(H,22,26). The number of nitrogens with zero attached hydrogens (tertiary/aromatic N) is 2. The molecule has 1 aromatic carbocycles. The fraction of sp³-hybridized carbons (Fsp3) is 0.333. The maximum atomic E-state index is 12.0. The third kappa shape index (κ3) is 5.82. The van der Waals surface area contributed by atoms with Crippen LogP contribution in [-0.2, 0) is 16.6 Å². The van der Waals surface area contributed by atoms with Gasteiger partial charge in [-0.15, -0.1) is 0 Å². The van der Waals surface area contributed by atoms with Gasteiger partial charge in [-0.3, -0.25) is 19.1 Å². The van der Waals surface area contributed by atoms with Crippen molar-refractivity contribution in [1.29, 1.82) is 0 Å². The zero-order valence-corrected chi connectivity index (χ0v) is 16.2. The number of hydrogen-bond acceptors (Lipinski definition) is 4. The van der Waals surface area contributed by atoms with Gasteiger partial charge >= 0.3 is 0 Å². The molecule has 0 atom stereocenters. The van der Waals surface area contributed by atoms with Crippen LogP contribution >= 0.6 is 11.6 Å². The van der Waals surface area contributed by atoms with Gasteiger partial charge in [0.05, 0.1) is 23.6 Å². The van der Waals surface area contributed by atoms with E-state index in [9.17, 15) is 14.4 Å². The van der Waals surface area contributed by atoms with Gasteiger partial charge in [-0.1, -0.05) is 11.6 Å². The van der Waals surface area contributed by atoms with Gasteiger partial charge in [0, 0.05) is 30.6 Å². The molecule has 0 saturated heterocycles. The Morgan fingerprint density at radius 3 is 2.33 bits per heavy atom. The Balaban J connectivity index is 1.70. The zero-order valence-electron chi connectivity index (χ0n) is 15.4. The summed E-state index contributed by atoms with van der Waals surface area (Å²) in [6.07, 6.45) is 0.0670. The number of aromatic nitrogens is 2. The number of carbonyl (C=O) groups excluding carboxylic acids is 3. The van der Waals surface area contributed by atoms with Gasteiger partial charge in [-0.25, -0.2) is 0 Å². The number of aryl methyl sites for hydroxylation is 2. The van der Waals surface area contributed by atoms with E-state index in [0.29, 0.717) is 22.0 Å². The van der Waals surface area contributed by atoms with Crippen molar-refractivity contribution < 1.29 is 14.4 Å². The molecule has 0 saturated carbocycles. The van der Waals surface area contributed by atoms with Gasteiger partial charge in [0.1, 0.15) is 0 Å². The maximum absolute atomic E-state index is 12.0. The maximum Gasteiger partial charge on any atom is 0.251 e. The monoisotopic (exact) mass is 391 g/mol. The molecule has 2 rings (SSSR count). The molecule has 0 fully saturated rings. The zero-order chi connectivity index (χ0) is 20.0. The van der Waals surface area contributed by atoms with Crippen LogP contribution in [0.2, 0.25) is 5.02 Å². The lowest BCUT2D eigenvalue weighted by molar-refractivity contribution is -0.124. The fourth-order valence-electron chi connectivity index (χ4n) is 2.40. The van der Waals surface area contributed by atoms with Crippen LogP contribution in [0.15, 0.2) is 24.3 Å². The number of nitrogens with one attached hydrogen (secondary N) is 3. The number of hydrogen-bond donors (Lipinski definition) is 3. The minimum atomic E-state index is -0.340. The lowest BCUT2D eigenvalue weighted by Crippen LogP contribution is -2.35. The van der Waals surface area contributed by atoms with Crippen LogP contribution in [0.25, 0.3) is 0 Å². The molecule has 0 aliphatic heterocycles. The van der Waals surface area contributed by atoms with Crippen molar-refractivity contribution in [3.8, 4) is 0 Å². The van der Waals surface area contributed by atoms with Gasteiger partial charge < -0.3 is 16.0 Å². The molecule has 0 spiro atoms. The summed E-state index contributed by atoms with van der Waals surface area (Å²) < 4.78 is 1.67. The molecule has 1 aromatic heterocycles. The number of benzene rings is 1. The molecule has 0 bridgehead atoms. The van der Waals surface area contributed by atoms with E-state index >= 15 is 0 Å². The molecule has 144 valence electrons. The van der Waals surface area contributed by atoms with E-state index in [1.807, 2.05) is 6.92 Å². The number of halogens is 1. The fourth-order valence-corrected chi connectivity index (χ4v) is 2.52. The van der Waals surface area contributed by atoms with Crippen LogP contribution in [-0.4, -0.2) is 40.6 Å². The molecular weight excluding hydrogens is 370 g/mol. The molecule has 0 aliphatic carbocycles. The molecule has 3 N–H and O–H groups in total. The largest absolute Gasteiger partial charge is 0.352 e. The Morgan fingerprint density at radius 2 is 1.74 bits per heavy atom. The summed E-state index contributed by atoms with van der Waals surface area (Å²) in [5.41, 5.74) is 2.64. The van der Waals surface area contributed by atoms with Crippen LogP contribution in [0.5, 0.6) is 0 Å². The van der Waals surface area contributed by atoms with Gasteiger partial charge in [-0.05, 0) is 38.1 Å². The Labute approximate surface area is 162 Å². The smallest absolute Gasteiger partial charge is 0.251 e. The molecule has 0 aliphatic rings. The van der Waals surface area contributed by atoms with Crippen molar-refractivity contribution in [3.63, 3.8) is 0 Å². The first-order chi connectivity index (χ1) is 12.8. The lowest BCUT2D eigenvalue weighted by atomic mass is 10.2. The average Bonchev–Trinajstić information content (AvgIpc) is 2.86. The highest BCUT2D eigenvalue weighted by molar-refractivity contribution is 6.30. The second kappa shape index (κ2) is 9.18. The van der Waals surface area contributed by atoms with E-state index in [0.717, 1.165) is 5.69 Å². The number of anilines is 1. The van der Waals surface area contributed by atoms with Crippen LogP contribution < -0.4 is 16.0 Å². The third-order valence-electron chi connectivity index (χ3n) is 3.96. The molecule has 9 heteroatoms. The van der Waals surface area contributed by atoms with E-state index in [1.54, 1.807) is 42.9 Å². The molecule has 8 nitrogen and oxygen atoms in total. The van der Waals surface area contributed by atoms with Crippen LogP contribution in [0.3, 0.4) is 0 Å². The van der Waals surface area contributed by atoms with Crippen LogP contribution in [0.1, 0.15) is 28.2 Å². The molecule has 3 amide bonds. The summed E-state index contributed by atoms with van der Waals surface area (Å²) in [7, 11) is 1.79. The molecule has 1 heterocycles. The van der Waals surface area contributed by atoms with Gasteiger partial charge in [0.15, 0.2) is 0 Å². The second-order valence-corrected chi connectivity index (χ2v) is 6.44. The van der Waals surface area contributed by atoms with E-state index in [-0.39, 0.29) is 37.2 Å². The summed E-state index contributed by atoms with van der Waals surface area (Å²) in [6.45, 7) is 3.65. The quantitative estimate of drug-likeness (QED) is 0.666. The molecule has 0 unspecified atom stereocenters. The van der Waals surface area contributed by atoms with E-state index < -0.39 is 0 Å². The highest BCUT2D eigenvalue weighted by Gasteiger charge is 2.13. The number of amides is 3. The van der Waals surface area contributed by atoms with Crippen molar-refractivity contribution >= 4 is 35.0 Å². The van der Waals surface area contributed by atoms with Crippen molar-refractivity contribution in [2.24, 2.45) is 7.05 Å². The summed E-state index contributed by atoms with van der Waals surface area (Å²) >= 11 is 5.77. The Kier molecular flexibility index (Phi) is 6.95. The average molecular weight is 392 g/mol. The predicted octanol–water partition coefficient (Wildman–Crippen LogP) is 1.57. The van der Waals surface area contributed by atoms with E-state index in [1.165, 1.54) is 0 Å². The first-order valence-electron chi connectivity index (χ1n) is 8.38. The predicted molar refractivity (Wildman–Crippen MR) is 103 cm³/mol. The summed E-state index contributed by atoms with van der Waals surface area (Å²) in [4.78, 5) is 35.7. The van der Waals surface area contributed by atoms with Crippen molar-refractivity contribution in [2.75, 3.05) is 18.4 Å². The highest BCUT2D eigenvalue weighted by atomic mass is 35.5. The Hall–Kier alpha value is -2.87. The van der Waals surface area contributed by atoms with Gasteiger partial charge in [0.25, 0.3) is 5.91 Å². The van der Waals surface area contributed by atoms with Crippen LogP contribution in [0, 0.1) is 13.8 Å². The topological polar surface area (TPSA) is 105 Å². The minimum Gasteiger partial charge on any atom is -0.352 e. The first-order valence-corrected chi connectivity index (χ1v) is 8.76. The first kappa shape index (κ1) is 20.4. The lowest BCUT2D eigenvalue weighted by Gasteiger charge is -2.08.